The number of likely N-dealkylation sites (tertiary alicyclic amines) is 2. The summed E-state index contributed by atoms with van der Waals surface area (Å²) >= 11 is 0. The van der Waals surface area contributed by atoms with E-state index in [1.54, 1.807) is 30.3 Å². The van der Waals surface area contributed by atoms with Gasteiger partial charge in [-0.05, 0) is 71.8 Å². The maximum absolute atomic E-state index is 14.3. The predicted octanol–water partition coefficient (Wildman–Crippen LogP) is -6.41. The zero-order valence-corrected chi connectivity index (χ0v) is 40.5. The lowest BCUT2D eigenvalue weighted by Crippen LogP contribution is -2.63. The molecule has 3 rings (SSSR count). The number of nitrogens with two attached hydrogens (primary N) is 3. The highest BCUT2D eigenvalue weighted by molar-refractivity contribution is 5.99. The van der Waals surface area contributed by atoms with Crippen LogP contribution in [0.15, 0.2) is 30.3 Å². The maximum atomic E-state index is 14.3. The summed E-state index contributed by atoms with van der Waals surface area (Å²) in [4.78, 5) is 147. The summed E-state index contributed by atoms with van der Waals surface area (Å²) in [6.45, 7) is 4.66. The number of aliphatic hydroxyl groups excluding tert-OH is 4. The minimum Gasteiger partial charge on any atom is -0.480 e. The second-order valence-corrected chi connectivity index (χ2v) is 18.1. The number of rotatable bonds is 27. The molecule has 2 aliphatic heterocycles. The van der Waals surface area contributed by atoms with Gasteiger partial charge in [0, 0.05) is 32.4 Å². The van der Waals surface area contributed by atoms with E-state index in [9.17, 15) is 78.3 Å². The number of carboxylic acids is 1. The van der Waals surface area contributed by atoms with Gasteiger partial charge in [0.15, 0.2) is 6.04 Å². The average molecular weight is 1020 g/mol. The normalized spacial score (nSPS) is 20.1. The zero-order valence-electron chi connectivity index (χ0n) is 40.5. The van der Waals surface area contributed by atoms with E-state index in [2.05, 4.69) is 31.9 Å². The lowest BCUT2D eigenvalue weighted by atomic mass is 10.0. The lowest BCUT2D eigenvalue weighted by molar-refractivity contribution is -0.149. The van der Waals surface area contributed by atoms with E-state index in [1.807, 2.05) is 0 Å². The van der Waals surface area contributed by atoms with Gasteiger partial charge < -0.3 is 84.4 Å². The number of hydrogen-bond acceptors (Lipinski definition) is 16. The molecule has 27 nitrogen and oxygen atoms in total. The molecule has 0 aromatic heterocycles. The third kappa shape index (κ3) is 17.2. The van der Waals surface area contributed by atoms with Crippen molar-refractivity contribution >= 4 is 65.0 Å². The van der Waals surface area contributed by atoms with Crippen LogP contribution >= 0.6 is 0 Å². The first-order valence-electron chi connectivity index (χ1n) is 23.5. The van der Waals surface area contributed by atoms with Crippen LogP contribution in [0.2, 0.25) is 0 Å². The fraction of sp³-hybridized carbons (Fsp3) is 0.622. The van der Waals surface area contributed by atoms with Crippen LogP contribution in [0, 0.1) is 0 Å². The van der Waals surface area contributed by atoms with Gasteiger partial charge in [-0.1, -0.05) is 30.3 Å². The van der Waals surface area contributed by atoms with Gasteiger partial charge in [0.25, 0.3) is 0 Å². The highest BCUT2D eigenvalue weighted by Crippen LogP contribution is 2.26. The average Bonchev–Trinajstić information content (AvgIpc) is 4.01. The van der Waals surface area contributed by atoms with Crippen molar-refractivity contribution in [2.45, 2.75) is 164 Å². The van der Waals surface area contributed by atoms with Crippen molar-refractivity contribution in [3.8, 4) is 0 Å². The van der Waals surface area contributed by atoms with Gasteiger partial charge >= 0.3 is 5.97 Å². The first kappa shape index (κ1) is 59.5. The van der Waals surface area contributed by atoms with E-state index in [4.69, 9.17) is 17.2 Å². The standard InChI is InChI=1S/C45H69N11O16/c1-21(57)33(51-38(64)27(15-17-32(48)62)49-37(63)26(46)14-16-31(47)61)41(67)50-28(20-25-10-6-5-7-11-25)39(65)53-35(23(3)59)44(70)56-19-9-13-30(56)43(69)55-18-8-12-29(55)40(66)52-34(22(2)58)42(68)54-36(24(4)60)45(71)72/h5-7,10-11,21-24,26-30,33-36,57-60H,8-9,12-20,46H2,1-4H3,(H2,47,61)(H2,48,62)(H,49,63)(H,50,67)(H,51,64)(H,52,66)(H,53,65)(H,54,68)(H,71,72)/t21-,22-,23-,24-,26+,27+,28+,29+,30+,33+,34+,35+,36+/m1/s1. The van der Waals surface area contributed by atoms with Crippen LogP contribution in [0.3, 0.4) is 0 Å². The number of hydrogen-bond donors (Lipinski definition) is 14. The molecule has 0 radical (unpaired) electrons. The Morgan fingerprint density at radius 3 is 1.57 bits per heavy atom. The second-order valence-electron chi connectivity index (χ2n) is 18.1. The van der Waals surface area contributed by atoms with Gasteiger partial charge in [-0.2, -0.15) is 0 Å². The third-order valence-electron chi connectivity index (χ3n) is 12.1. The molecule has 0 aliphatic carbocycles. The molecule has 0 bridgehead atoms. The first-order chi connectivity index (χ1) is 33.7. The van der Waals surface area contributed by atoms with Gasteiger partial charge in [0.1, 0.15) is 42.3 Å². The van der Waals surface area contributed by atoms with Gasteiger partial charge in [-0.15, -0.1) is 0 Å². The van der Waals surface area contributed by atoms with E-state index < -0.39 is 150 Å². The van der Waals surface area contributed by atoms with Crippen LogP contribution in [0.25, 0.3) is 0 Å². The maximum Gasteiger partial charge on any atom is 0.328 e. The molecule has 2 saturated heterocycles. The SMILES string of the molecule is C[C@@H](O)[C@H](NC(=O)[C@@H](NC(=O)[C@@H]1CCCN1C(=O)[C@@H]1CCCN1C(=O)[C@@H](NC(=O)[C@H](Cc1ccccc1)NC(=O)[C@@H](NC(=O)[C@H](CCC(N)=O)NC(=O)[C@@H](N)CCC(N)=O)[C@@H](C)O)[C@@H](C)O)[C@@H](C)O)C(=O)O. The molecule has 0 saturated carbocycles. The molecule has 27 heteroatoms. The number of aliphatic hydroxyl groups is 4. The molecule has 0 spiro atoms. The summed E-state index contributed by atoms with van der Waals surface area (Å²) in [5.74, 6) is -10.8. The fourth-order valence-corrected chi connectivity index (χ4v) is 8.13. The second kappa shape index (κ2) is 27.7. The van der Waals surface area contributed by atoms with Gasteiger partial charge in [-0.25, -0.2) is 4.79 Å². The fourth-order valence-electron chi connectivity index (χ4n) is 8.13. The van der Waals surface area contributed by atoms with Crippen LogP contribution in [-0.2, 0) is 59.2 Å². The van der Waals surface area contributed by atoms with Gasteiger partial charge in [0.05, 0.1) is 30.5 Å². The van der Waals surface area contributed by atoms with Crippen LogP contribution in [0.1, 0.15) is 84.6 Å². The molecule has 17 N–H and O–H groups in total. The summed E-state index contributed by atoms with van der Waals surface area (Å²) in [5, 5.41) is 65.3. The number of carboxylic acid groups (broad SMARTS) is 1. The Labute approximate surface area is 414 Å². The Balaban J connectivity index is 1.83. The van der Waals surface area contributed by atoms with Crippen molar-refractivity contribution in [3.05, 3.63) is 35.9 Å². The molecule has 13 atom stereocenters. The van der Waals surface area contributed by atoms with Crippen molar-refractivity contribution < 1.29 is 78.3 Å². The van der Waals surface area contributed by atoms with E-state index in [-0.39, 0.29) is 51.6 Å². The Morgan fingerprint density at radius 1 is 0.569 bits per heavy atom. The molecule has 400 valence electrons. The van der Waals surface area contributed by atoms with Crippen LogP contribution in [-0.4, -0.2) is 192 Å². The minimum absolute atomic E-state index is 0.0164. The highest BCUT2D eigenvalue weighted by Gasteiger charge is 2.46. The minimum atomic E-state index is -1.81. The Morgan fingerprint density at radius 2 is 1.03 bits per heavy atom. The van der Waals surface area contributed by atoms with E-state index >= 15 is 0 Å². The Kier molecular flexibility index (Phi) is 22.9. The van der Waals surface area contributed by atoms with E-state index in [0.717, 1.165) is 25.7 Å². The number of carbonyl (C=O) groups is 11. The number of carbonyl (C=O) groups excluding carboxylic acids is 10. The molecular formula is C45H69N11O16. The molecule has 10 amide bonds. The number of aliphatic carboxylic acids is 1. The van der Waals surface area contributed by atoms with Crippen LogP contribution in [0.5, 0.6) is 0 Å². The first-order valence-corrected chi connectivity index (χ1v) is 23.5. The summed E-state index contributed by atoms with van der Waals surface area (Å²) in [7, 11) is 0. The summed E-state index contributed by atoms with van der Waals surface area (Å²) in [6, 6.07) is -5.57. The molecule has 72 heavy (non-hydrogen) atoms. The van der Waals surface area contributed by atoms with Crippen molar-refractivity contribution in [2.75, 3.05) is 13.1 Å². The smallest absolute Gasteiger partial charge is 0.328 e. The molecule has 2 aliphatic rings. The lowest BCUT2D eigenvalue weighted by Gasteiger charge is -2.34. The van der Waals surface area contributed by atoms with Gasteiger partial charge in [-0.3, -0.25) is 47.9 Å². The molecule has 1 aromatic carbocycles. The monoisotopic (exact) mass is 1020 g/mol. The van der Waals surface area contributed by atoms with Crippen molar-refractivity contribution in [3.63, 3.8) is 0 Å². The van der Waals surface area contributed by atoms with Gasteiger partial charge in [0.2, 0.25) is 59.1 Å². The molecular weight excluding hydrogens is 951 g/mol. The number of amides is 10. The Hall–Kier alpha value is -6.81. The van der Waals surface area contributed by atoms with E-state index in [1.165, 1.54) is 11.8 Å². The number of benzene rings is 1. The summed E-state index contributed by atoms with van der Waals surface area (Å²) < 4.78 is 0. The van der Waals surface area contributed by atoms with Crippen molar-refractivity contribution in [1.82, 2.24) is 41.7 Å². The van der Waals surface area contributed by atoms with Crippen molar-refractivity contribution in [1.29, 1.82) is 0 Å². The number of primary amides is 2. The molecule has 1 aromatic rings. The summed E-state index contributed by atoms with van der Waals surface area (Å²) in [5.41, 5.74) is 16.7. The summed E-state index contributed by atoms with van der Waals surface area (Å²) in [6.07, 6.45) is -6.96. The third-order valence-corrected chi connectivity index (χ3v) is 12.1. The topological polar surface area (TPSA) is 446 Å². The molecule has 2 fully saturated rings. The number of nitrogens with one attached hydrogen (secondary N) is 6. The number of nitrogens with zero attached hydrogens (tertiary/aromatic N) is 2. The van der Waals surface area contributed by atoms with Crippen LogP contribution in [0.4, 0.5) is 0 Å². The predicted molar refractivity (Wildman–Crippen MR) is 250 cm³/mol. The molecule has 0 unspecified atom stereocenters. The zero-order chi connectivity index (χ0) is 54.1. The largest absolute Gasteiger partial charge is 0.480 e. The molecule has 2 heterocycles. The highest BCUT2D eigenvalue weighted by atomic mass is 16.4. The van der Waals surface area contributed by atoms with E-state index in [0.29, 0.717) is 18.4 Å². The van der Waals surface area contributed by atoms with Crippen LogP contribution < -0.4 is 49.1 Å². The quantitative estimate of drug-likeness (QED) is 0.0390. The van der Waals surface area contributed by atoms with Crippen molar-refractivity contribution in [2.24, 2.45) is 17.2 Å². The Bertz CT molecular complexity index is 2130.